The van der Waals surface area contributed by atoms with E-state index in [-0.39, 0.29) is 16.6 Å². The Hall–Kier alpha value is -2.45. The molecule has 0 fully saturated rings. The number of nitrogens with zero attached hydrogens (tertiary/aromatic N) is 2. The van der Waals surface area contributed by atoms with E-state index in [1.54, 1.807) is 23.7 Å². The molecule has 0 aliphatic carbocycles. The largest absolute Gasteiger partial charge is 0.322 e. The summed E-state index contributed by atoms with van der Waals surface area (Å²) in [7, 11) is -3.34. The van der Waals surface area contributed by atoms with Crippen LogP contribution in [0.25, 0.3) is 5.69 Å². The Kier molecular flexibility index (Phi) is 5.48. The Morgan fingerprint density at radius 2 is 1.89 bits per heavy atom. The zero-order valence-electron chi connectivity index (χ0n) is 14.8. The molecule has 0 unspecified atom stereocenters. The van der Waals surface area contributed by atoms with E-state index < -0.39 is 9.84 Å². The number of sulfone groups is 1. The van der Waals surface area contributed by atoms with E-state index >= 15 is 0 Å². The summed E-state index contributed by atoms with van der Waals surface area (Å²) >= 11 is 3.39. The van der Waals surface area contributed by atoms with Crippen LogP contribution in [-0.4, -0.2) is 29.9 Å². The second-order valence-corrected chi connectivity index (χ2v) is 9.11. The fourth-order valence-electron chi connectivity index (χ4n) is 2.61. The lowest BCUT2D eigenvalue weighted by Gasteiger charge is -2.08. The molecular weight excluding hydrogens is 430 g/mol. The number of hydrogen-bond acceptors (Lipinski definition) is 4. The minimum absolute atomic E-state index is 0.00344. The van der Waals surface area contributed by atoms with Gasteiger partial charge in [0.25, 0.3) is 5.91 Å². The van der Waals surface area contributed by atoms with Crippen LogP contribution in [0.4, 0.5) is 5.69 Å². The van der Waals surface area contributed by atoms with Crippen molar-refractivity contribution in [2.45, 2.75) is 18.7 Å². The van der Waals surface area contributed by atoms with Gasteiger partial charge in [-0.05, 0) is 49.4 Å². The average Bonchev–Trinajstić information content (AvgIpc) is 3.04. The minimum atomic E-state index is -3.34. The van der Waals surface area contributed by atoms with Crippen molar-refractivity contribution in [1.29, 1.82) is 0 Å². The number of nitrogens with one attached hydrogen (secondary N) is 1. The molecule has 1 heterocycles. The lowest BCUT2D eigenvalue weighted by molar-refractivity contribution is 0.102. The lowest BCUT2D eigenvalue weighted by atomic mass is 10.2. The molecule has 1 amide bonds. The molecule has 3 rings (SSSR count). The molecule has 27 heavy (non-hydrogen) atoms. The number of carbonyl (C=O) groups excluding carboxylic acids is 1. The van der Waals surface area contributed by atoms with Crippen molar-refractivity contribution < 1.29 is 13.2 Å². The van der Waals surface area contributed by atoms with Gasteiger partial charge in [-0.2, -0.15) is 5.10 Å². The fraction of sp³-hybridized carbons (Fsp3) is 0.158. The number of halogens is 1. The van der Waals surface area contributed by atoms with Crippen molar-refractivity contribution in [3.05, 3.63) is 70.5 Å². The normalized spacial score (nSPS) is 11.4. The molecule has 140 valence electrons. The van der Waals surface area contributed by atoms with Crippen LogP contribution < -0.4 is 5.32 Å². The third-order valence-electron chi connectivity index (χ3n) is 4.16. The molecule has 0 spiro atoms. The van der Waals surface area contributed by atoms with E-state index in [1.807, 2.05) is 31.2 Å². The van der Waals surface area contributed by atoms with Crippen LogP contribution >= 0.6 is 15.9 Å². The van der Waals surface area contributed by atoms with Gasteiger partial charge >= 0.3 is 0 Å². The number of rotatable bonds is 5. The number of benzene rings is 2. The molecule has 3 aromatic rings. The summed E-state index contributed by atoms with van der Waals surface area (Å²) in [5.41, 5.74) is 2.37. The van der Waals surface area contributed by atoms with Crippen LogP contribution in [0.1, 0.15) is 23.0 Å². The fourth-order valence-corrected chi connectivity index (χ4v) is 3.80. The van der Waals surface area contributed by atoms with Gasteiger partial charge in [0.2, 0.25) is 0 Å². The topological polar surface area (TPSA) is 81.1 Å². The zero-order valence-corrected chi connectivity index (χ0v) is 17.2. The molecule has 0 atom stereocenters. The predicted octanol–water partition coefficient (Wildman–Crippen LogP) is 3.99. The standard InChI is InChI=1S/C19H18BrN3O3S/c1-3-27(25,26)17-6-4-5-15(11-17)22-19(24)18-12-21-23(13(18)2)16-9-7-14(20)8-10-16/h4-12H,3H2,1-2H3,(H,22,24). The molecule has 1 aromatic heterocycles. The first kappa shape index (κ1) is 19.3. The van der Waals surface area contributed by atoms with Crippen molar-refractivity contribution in [1.82, 2.24) is 9.78 Å². The maximum absolute atomic E-state index is 12.6. The molecule has 0 radical (unpaired) electrons. The van der Waals surface area contributed by atoms with Gasteiger partial charge in [0.1, 0.15) is 0 Å². The predicted molar refractivity (Wildman–Crippen MR) is 108 cm³/mol. The summed E-state index contributed by atoms with van der Waals surface area (Å²) in [5.74, 6) is -0.342. The first-order chi connectivity index (χ1) is 12.8. The molecule has 8 heteroatoms. The number of carbonyl (C=O) groups is 1. The van der Waals surface area contributed by atoms with Crippen LogP contribution in [0.3, 0.4) is 0 Å². The number of aromatic nitrogens is 2. The SMILES string of the molecule is CCS(=O)(=O)c1cccc(NC(=O)c2cnn(-c3ccc(Br)cc3)c2C)c1. The van der Waals surface area contributed by atoms with Gasteiger partial charge in [0.15, 0.2) is 9.84 Å². The monoisotopic (exact) mass is 447 g/mol. The summed E-state index contributed by atoms with van der Waals surface area (Å²) in [5, 5.41) is 7.04. The van der Waals surface area contributed by atoms with Crippen LogP contribution in [0.2, 0.25) is 0 Å². The zero-order chi connectivity index (χ0) is 19.6. The molecule has 2 aromatic carbocycles. The highest BCUT2D eigenvalue weighted by atomic mass is 79.9. The van der Waals surface area contributed by atoms with E-state index in [1.165, 1.54) is 18.3 Å². The highest BCUT2D eigenvalue weighted by Crippen LogP contribution is 2.20. The van der Waals surface area contributed by atoms with E-state index in [9.17, 15) is 13.2 Å². The van der Waals surface area contributed by atoms with E-state index in [4.69, 9.17) is 0 Å². The Bertz CT molecular complexity index is 1090. The van der Waals surface area contributed by atoms with Gasteiger partial charge in [-0.3, -0.25) is 4.79 Å². The minimum Gasteiger partial charge on any atom is -0.322 e. The molecule has 1 N–H and O–H groups in total. The summed E-state index contributed by atoms with van der Waals surface area (Å²) in [6, 6.07) is 13.8. The van der Waals surface area contributed by atoms with Crippen molar-refractivity contribution in [2.24, 2.45) is 0 Å². The van der Waals surface area contributed by atoms with Crippen LogP contribution in [0.15, 0.2) is 64.1 Å². The van der Waals surface area contributed by atoms with Gasteiger partial charge in [0.05, 0.1) is 33.8 Å². The molecule has 0 aliphatic rings. The van der Waals surface area contributed by atoms with Crippen molar-refractivity contribution in [2.75, 3.05) is 11.1 Å². The summed E-state index contributed by atoms with van der Waals surface area (Å²) < 4.78 is 26.7. The number of amides is 1. The highest BCUT2D eigenvalue weighted by Gasteiger charge is 2.17. The van der Waals surface area contributed by atoms with Gasteiger partial charge in [-0.15, -0.1) is 0 Å². The Balaban J connectivity index is 1.86. The first-order valence-electron chi connectivity index (χ1n) is 8.26. The average molecular weight is 448 g/mol. The van der Waals surface area contributed by atoms with Gasteiger partial charge in [0, 0.05) is 10.2 Å². The number of hydrogen-bond donors (Lipinski definition) is 1. The summed E-state index contributed by atoms with van der Waals surface area (Å²) in [4.78, 5) is 12.8. The second-order valence-electron chi connectivity index (χ2n) is 5.92. The Morgan fingerprint density at radius 1 is 1.19 bits per heavy atom. The van der Waals surface area contributed by atoms with Crippen LogP contribution in [0.5, 0.6) is 0 Å². The third kappa shape index (κ3) is 4.12. The Labute approximate surface area is 166 Å². The molecule has 0 aliphatic heterocycles. The second kappa shape index (κ2) is 7.66. The summed E-state index contributed by atoms with van der Waals surface area (Å²) in [6.07, 6.45) is 1.50. The first-order valence-corrected chi connectivity index (χ1v) is 10.7. The van der Waals surface area contributed by atoms with Crippen molar-refractivity contribution in [3.63, 3.8) is 0 Å². The maximum atomic E-state index is 12.6. The number of anilines is 1. The molecule has 0 saturated heterocycles. The molecule has 6 nitrogen and oxygen atoms in total. The molecule has 0 bridgehead atoms. The maximum Gasteiger partial charge on any atom is 0.259 e. The molecule has 0 saturated carbocycles. The van der Waals surface area contributed by atoms with E-state index in [0.29, 0.717) is 16.9 Å². The van der Waals surface area contributed by atoms with E-state index in [0.717, 1.165) is 10.2 Å². The van der Waals surface area contributed by atoms with Gasteiger partial charge in [-0.25, -0.2) is 13.1 Å². The van der Waals surface area contributed by atoms with Crippen LogP contribution in [-0.2, 0) is 9.84 Å². The van der Waals surface area contributed by atoms with E-state index in [2.05, 4.69) is 26.3 Å². The van der Waals surface area contributed by atoms with Gasteiger partial charge < -0.3 is 5.32 Å². The van der Waals surface area contributed by atoms with Gasteiger partial charge in [-0.1, -0.05) is 28.9 Å². The van der Waals surface area contributed by atoms with Crippen molar-refractivity contribution in [3.8, 4) is 5.69 Å². The smallest absolute Gasteiger partial charge is 0.259 e. The third-order valence-corrected chi connectivity index (χ3v) is 6.42. The lowest BCUT2D eigenvalue weighted by Crippen LogP contribution is -2.14. The quantitative estimate of drug-likeness (QED) is 0.640. The summed E-state index contributed by atoms with van der Waals surface area (Å²) in [6.45, 7) is 3.39. The molecular formula is C19H18BrN3O3S. The van der Waals surface area contributed by atoms with Crippen molar-refractivity contribution >= 4 is 37.4 Å². The Morgan fingerprint density at radius 3 is 2.56 bits per heavy atom. The highest BCUT2D eigenvalue weighted by molar-refractivity contribution is 9.10. The van der Waals surface area contributed by atoms with Crippen LogP contribution in [0, 0.1) is 6.92 Å².